The standard InChI is InChI=1S/C16H23N3O2/c1-11(2)19-8-7-13(18-19)10-21-16-9-14(20-4)5-6-15(16)12(3)17/h5-9,11-12H,10,17H2,1-4H3. The number of rotatable bonds is 6. The zero-order valence-corrected chi connectivity index (χ0v) is 13.0. The van der Waals surface area contributed by atoms with Crippen LogP contribution in [0.4, 0.5) is 0 Å². The molecular weight excluding hydrogens is 266 g/mol. The molecule has 1 unspecified atom stereocenters. The highest BCUT2D eigenvalue weighted by Gasteiger charge is 2.11. The summed E-state index contributed by atoms with van der Waals surface area (Å²) in [4.78, 5) is 0. The Bertz CT molecular complexity index is 591. The maximum atomic E-state index is 5.98. The third-order valence-corrected chi connectivity index (χ3v) is 3.28. The second kappa shape index (κ2) is 6.63. The number of benzene rings is 1. The number of methoxy groups -OCH3 is 1. The molecule has 1 atom stereocenters. The molecular formula is C16H23N3O2. The Morgan fingerprint density at radius 3 is 2.57 bits per heavy atom. The fourth-order valence-electron chi connectivity index (χ4n) is 2.04. The van der Waals surface area contributed by atoms with Crippen LogP contribution in [-0.4, -0.2) is 16.9 Å². The minimum absolute atomic E-state index is 0.0980. The summed E-state index contributed by atoms with van der Waals surface area (Å²) >= 11 is 0. The van der Waals surface area contributed by atoms with Crippen molar-refractivity contribution >= 4 is 0 Å². The van der Waals surface area contributed by atoms with Crippen LogP contribution in [0.2, 0.25) is 0 Å². The minimum Gasteiger partial charge on any atom is -0.497 e. The summed E-state index contributed by atoms with van der Waals surface area (Å²) in [6, 6.07) is 7.89. The van der Waals surface area contributed by atoms with Crippen LogP contribution in [0.3, 0.4) is 0 Å². The number of nitrogens with zero attached hydrogens (tertiary/aromatic N) is 2. The van der Waals surface area contributed by atoms with E-state index in [-0.39, 0.29) is 6.04 Å². The second-order valence-electron chi connectivity index (χ2n) is 5.36. The molecule has 0 radical (unpaired) electrons. The fourth-order valence-corrected chi connectivity index (χ4v) is 2.04. The molecule has 2 N–H and O–H groups in total. The molecule has 0 spiro atoms. The lowest BCUT2D eigenvalue weighted by molar-refractivity contribution is 0.292. The van der Waals surface area contributed by atoms with Gasteiger partial charge in [0.2, 0.25) is 0 Å². The van der Waals surface area contributed by atoms with E-state index in [0.29, 0.717) is 12.6 Å². The van der Waals surface area contributed by atoms with Crippen LogP contribution in [-0.2, 0) is 6.61 Å². The molecule has 0 amide bonds. The minimum atomic E-state index is -0.0980. The van der Waals surface area contributed by atoms with Gasteiger partial charge >= 0.3 is 0 Å². The van der Waals surface area contributed by atoms with Crippen molar-refractivity contribution in [2.75, 3.05) is 7.11 Å². The first-order valence-electron chi connectivity index (χ1n) is 7.11. The van der Waals surface area contributed by atoms with Gasteiger partial charge in [0.1, 0.15) is 18.1 Å². The normalized spacial score (nSPS) is 12.5. The van der Waals surface area contributed by atoms with Gasteiger partial charge in [0.25, 0.3) is 0 Å². The van der Waals surface area contributed by atoms with Gasteiger partial charge in [-0.3, -0.25) is 4.68 Å². The Labute approximate surface area is 125 Å². The van der Waals surface area contributed by atoms with Gasteiger partial charge in [-0.15, -0.1) is 0 Å². The molecule has 0 saturated carbocycles. The monoisotopic (exact) mass is 289 g/mol. The first-order valence-corrected chi connectivity index (χ1v) is 7.11. The van der Waals surface area contributed by atoms with Gasteiger partial charge in [-0.1, -0.05) is 6.07 Å². The number of aromatic nitrogens is 2. The van der Waals surface area contributed by atoms with E-state index < -0.39 is 0 Å². The van der Waals surface area contributed by atoms with E-state index in [9.17, 15) is 0 Å². The summed E-state index contributed by atoms with van der Waals surface area (Å²) < 4.78 is 13.0. The van der Waals surface area contributed by atoms with Gasteiger partial charge in [-0.05, 0) is 32.9 Å². The summed E-state index contributed by atoms with van der Waals surface area (Å²) in [7, 11) is 1.63. The van der Waals surface area contributed by atoms with E-state index in [1.165, 1.54) is 0 Å². The van der Waals surface area contributed by atoms with E-state index in [4.69, 9.17) is 15.2 Å². The van der Waals surface area contributed by atoms with Crippen molar-refractivity contribution in [3.05, 3.63) is 41.7 Å². The predicted molar refractivity (Wildman–Crippen MR) is 82.5 cm³/mol. The predicted octanol–water partition coefficient (Wildman–Crippen LogP) is 3.07. The Balaban J connectivity index is 2.14. The zero-order valence-electron chi connectivity index (χ0n) is 13.0. The second-order valence-corrected chi connectivity index (χ2v) is 5.36. The molecule has 0 aliphatic carbocycles. The summed E-state index contributed by atoms with van der Waals surface area (Å²) in [5.41, 5.74) is 7.83. The quantitative estimate of drug-likeness (QED) is 0.887. The molecule has 5 nitrogen and oxygen atoms in total. The van der Waals surface area contributed by atoms with Crippen LogP contribution < -0.4 is 15.2 Å². The summed E-state index contributed by atoms with van der Waals surface area (Å²) in [5, 5.41) is 4.47. The topological polar surface area (TPSA) is 62.3 Å². The maximum absolute atomic E-state index is 5.98. The SMILES string of the molecule is COc1ccc(C(C)N)c(OCc2ccn(C(C)C)n2)c1. The highest BCUT2D eigenvalue weighted by atomic mass is 16.5. The van der Waals surface area contributed by atoms with Crippen molar-refractivity contribution < 1.29 is 9.47 Å². The largest absolute Gasteiger partial charge is 0.497 e. The van der Waals surface area contributed by atoms with Gasteiger partial charge in [0.05, 0.1) is 12.8 Å². The third kappa shape index (κ3) is 3.76. The van der Waals surface area contributed by atoms with E-state index in [0.717, 1.165) is 22.8 Å². The lowest BCUT2D eigenvalue weighted by atomic mass is 10.1. The molecule has 2 rings (SSSR count). The summed E-state index contributed by atoms with van der Waals surface area (Å²) in [5.74, 6) is 1.49. The van der Waals surface area contributed by atoms with Crippen LogP contribution in [0.25, 0.3) is 0 Å². The van der Waals surface area contributed by atoms with Crippen molar-refractivity contribution in [2.24, 2.45) is 5.73 Å². The maximum Gasteiger partial charge on any atom is 0.132 e. The average Bonchev–Trinajstić information content (AvgIpc) is 2.93. The molecule has 0 aliphatic rings. The molecule has 0 bridgehead atoms. The van der Waals surface area contributed by atoms with Crippen molar-refractivity contribution in [3.63, 3.8) is 0 Å². The first kappa shape index (κ1) is 15.4. The zero-order chi connectivity index (χ0) is 15.4. The molecule has 1 heterocycles. The number of hydrogen-bond donors (Lipinski definition) is 1. The van der Waals surface area contributed by atoms with E-state index in [1.54, 1.807) is 7.11 Å². The smallest absolute Gasteiger partial charge is 0.132 e. The molecule has 114 valence electrons. The van der Waals surface area contributed by atoms with Crippen molar-refractivity contribution in [1.29, 1.82) is 0 Å². The lowest BCUT2D eigenvalue weighted by Gasteiger charge is -2.14. The van der Waals surface area contributed by atoms with E-state index in [2.05, 4.69) is 18.9 Å². The van der Waals surface area contributed by atoms with Crippen LogP contribution >= 0.6 is 0 Å². The third-order valence-electron chi connectivity index (χ3n) is 3.28. The molecule has 21 heavy (non-hydrogen) atoms. The van der Waals surface area contributed by atoms with Gasteiger partial charge in [-0.25, -0.2) is 0 Å². The summed E-state index contributed by atoms with van der Waals surface area (Å²) in [6.07, 6.45) is 1.96. The molecule has 0 saturated heterocycles. The van der Waals surface area contributed by atoms with Gasteiger partial charge in [0, 0.05) is 29.9 Å². The fraction of sp³-hybridized carbons (Fsp3) is 0.438. The molecule has 1 aromatic carbocycles. The number of hydrogen-bond acceptors (Lipinski definition) is 4. The Hall–Kier alpha value is -2.01. The van der Waals surface area contributed by atoms with Crippen molar-refractivity contribution in [2.45, 2.75) is 39.5 Å². The molecule has 2 aromatic rings. The van der Waals surface area contributed by atoms with Gasteiger partial charge in [-0.2, -0.15) is 5.10 Å². The Morgan fingerprint density at radius 2 is 2.00 bits per heavy atom. The highest BCUT2D eigenvalue weighted by Crippen LogP contribution is 2.29. The van der Waals surface area contributed by atoms with Crippen LogP contribution in [0.15, 0.2) is 30.5 Å². The van der Waals surface area contributed by atoms with Crippen molar-refractivity contribution in [3.8, 4) is 11.5 Å². The van der Waals surface area contributed by atoms with Crippen molar-refractivity contribution in [1.82, 2.24) is 9.78 Å². The van der Waals surface area contributed by atoms with Crippen LogP contribution in [0.1, 0.15) is 44.1 Å². The molecule has 0 fully saturated rings. The van der Waals surface area contributed by atoms with E-state index in [1.807, 2.05) is 42.1 Å². The Morgan fingerprint density at radius 1 is 1.24 bits per heavy atom. The van der Waals surface area contributed by atoms with E-state index >= 15 is 0 Å². The summed E-state index contributed by atoms with van der Waals surface area (Å²) in [6.45, 7) is 6.52. The molecule has 0 aliphatic heterocycles. The van der Waals surface area contributed by atoms with Gasteiger partial charge < -0.3 is 15.2 Å². The lowest BCUT2D eigenvalue weighted by Crippen LogP contribution is -2.09. The van der Waals surface area contributed by atoms with Gasteiger partial charge in [0.15, 0.2) is 0 Å². The van der Waals surface area contributed by atoms with Crippen LogP contribution in [0, 0.1) is 0 Å². The Kier molecular flexibility index (Phi) is 4.85. The number of nitrogens with two attached hydrogens (primary N) is 1. The number of ether oxygens (including phenoxy) is 2. The average molecular weight is 289 g/mol. The first-order chi connectivity index (χ1) is 10.0. The van der Waals surface area contributed by atoms with Crippen LogP contribution in [0.5, 0.6) is 11.5 Å². The highest BCUT2D eigenvalue weighted by molar-refractivity contribution is 5.42. The molecule has 1 aromatic heterocycles. The molecule has 5 heteroatoms.